The predicted molar refractivity (Wildman–Crippen MR) is 182 cm³/mol. The second kappa shape index (κ2) is 21.8. The zero-order chi connectivity index (χ0) is 29.3. The van der Waals surface area contributed by atoms with Crippen LogP contribution in [0.15, 0.2) is 0 Å². The Bertz CT molecular complexity index is 679. The van der Waals surface area contributed by atoms with Crippen molar-refractivity contribution in [3.8, 4) is 0 Å². The number of carbonyl (C=O) groups is 2. The van der Waals surface area contributed by atoms with Gasteiger partial charge in [0, 0.05) is 7.34 Å². The van der Waals surface area contributed by atoms with Crippen molar-refractivity contribution >= 4 is 12.3 Å². The van der Waals surface area contributed by atoms with Crippen molar-refractivity contribution in [2.45, 2.75) is 188 Å². The minimum atomic E-state index is -0.568. The molecule has 0 radical (unpaired) electrons. The molecule has 0 bridgehead atoms. The van der Waals surface area contributed by atoms with Crippen LogP contribution in [0.1, 0.15) is 190 Å². The molecule has 0 heterocycles. The smallest absolute Gasteiger partial charge is 0.306 e. The first-order chi connectivity index (χ1) is 20.0. The van der Waals surface area contributed by atoms with E-state index in [-0.39, 0.29) is 14.8 Å². The molecule has 0 saturated heterocycles. The zero-order valence-corrected chi connectivity index (χ0v) is 27.3. The molecule has 4 fully saturated rings. The highest BCUT2D eigenvalue weighted by atomic mass is 16.4. The third-order valence-electron chi connectivity index (χ3n) is 12.0. The average molecular weight is 591 g/mol. The molecule has 0 atom stereocenters. The van der Waals surface area contributed by atoms with E-state index >= 15 is 0 Å². The third kappa shape index (κ3) is 14.3. The van der Waals surface area contributed by atoms with E-state index in [9.17, 15) is 9.59 Å². The van der Waals surface area contributed by atoms with Gasteiger partial charge in [-0.3, -0.25) is 4.79 Å². The van der Waals surface area contributed by atoms with Crippen molar-refractivity contribution in [3.05, 3.63) is 0 Å². The van der Waals surface area contributed by atoms with E-state index in [0.717, 1.165) is 61.2 Å². The van der Waals surface area contributed by atoms with Crippen molar-refractivity contribution in [1.29, 1.82) is 0 Å². The second-order valence-electron chi connectivity index (χ2n) is 15.2. The van der Waals surface area contributed by atoms with Crippen LogP contribution in [-0.2, 0) is 9.59 Å². The Labute approximate surface area is 263 Å². The molecule has 3 heteroatoms. The van der Waals surface area contributed by atoms with E-state index in [0.29, 0.717) is 5.92 Å². The summed E-state index contributed by atoms with van der Waals surface area (Å²) in [6, 6.07) is 0. The number of unbranched alkanes of at least 4 members (excludes halogenated alkanes) is 4. The fraction of sp³-hybridized carbons (Fsp3) is 0.949. The molecule has 0 aliphatic heterocycles. The Kier molecular flexibility index (Phi) is 19.4. The molecular weight excluding hydrogens is 516 g/mol. The molecule has 0 aromatic rings. The van der Waals surface area contributed by atoms with Crippen LogP contribution in [-0.4, -0.2) is 17.4 Å². The quantitative estimate of drug-likeness (QED) is 0.162. The molecule has 4 aliphatic carbocycles. The first kappa shape index (κ1) is 37.3. The maximum absolute atomic E-state index is 11.0. The van der Waals surface area contributed by atoms with Crippen LogP contribution >= 0.6 is 0 Å². The Hall–Kier alpha value is -0.860. The number of rotatable bonds is 14. The van der Waals surface area contributed by atoms with Gasteiger partial charge >= 0.3 is 5.97 Å². The number of carboxylic acids is 1. The molecule has 0 aromatic heterocycles. The molecular formula is C39H74O3. The fourth-order valence-corrected chi connectivity index (χ4v) is 9.03. The van der Waals surface area contributed by atoms with Gasteiger partial charge in [-0.25, -0.2) is 0 Å². The number of carboxylic acid groups (broad SMARTS) is 1. The summed E-state index contributed by atoms with van der Waals surface area (Å²) in [5.74, 6) is 5.54. The van der Waals surface area contributed by atoms with Gasteiger partial charge in [0.15, 0.2) is 0 Å². The SMILES string of the molecule is C.CCCCCC1CCC(CC2CCC(C(=O)O)CC2)CC1.CCCCCC1CCC(CC2CCC(C=O)CC2)CC1.[HH]. The summed E-state index contributed by atoms with van der Waals surface area (Å²) in [5.41, 5.74) is 0. The summed E-state index contributed by atoms with van der Waals surface area (Å²) in [7, 11) is 0. The van der Waals surface area contributed by atoms with Gasteiger partial charge in [-0.15, -0.1) is 0 Å². The van der Waals surface area contributed by atoms with Crippen LogP contribution in [0.5, 0.6) is 0 Å². The number of aliphatic carboxylic acids is 1. The predicted octanol–water partition coefficient (Wildman–Crippen LogP) is 12.3. The number of aldehydes is 1. The molecule has 0 aromatic carbocycles. The van der Waals surface area contributed by atoms with Crippen molar-refractivity contribution in [3.63, 3.8) is 0 Å². The first-order valence-corrected chi connectivity index (χ1v) is 18.7. The molecule has 248 valence electrons. The molecule has 4 rings (SSSR count). The van der Waals surface area contributed by atoms with Crippen LogP contribution in [0.2, 0.25) is 0 Å². The number of hydrogen-bond donors (Lipinski definition) is 1. The highest BCUT2D eigenvalue weighted by molar-refractivity contribution is 5.69. The van der Waals surface area contributed by atoms with Crippen LogP contribution in [0.4, 0.5) is 0 Å². The van der Waals surface area contributed by atoms with Crippen molar-refractivity contribution in [2.24, 2.45) is 47.3 Å². The Balaban J connectivity index is 0.000000411. The maximum atomic E-state index is 11.0. The van der Waals surface area contributed by atoms with Gasteiger partial charge in [0.2, 0.25) is 0 Å². The van der Waals surface area contributed by atoms with Crippen LogP contribution in [0, 0.1) is 47.3 Å². The molecule has 3 nitrogen and oxygen atoms in total. The topological polar surface area (TPSA) is 54.4 Å². The standard InChI is InChI=1S/C19H34O2.C19H34O.CH4.H2/c1-2-3-4-5-15-6-8-16(9-7-15)14-17-10-12-18(13-11-17)19(20)21;1-2-3-4-5-16-6-8-17(9-7-16)14-18-10-12-19(15-20)13-11-18;;/h15-18H,2-14H2,1H3,(H,20,21);15-19H,2-14H2,1H3;1H4;1H. The van der Waals surface area contributed by atoms with Crippen molar-refractivity contribution < 1.29 is 16.1 Å². The maximum Gasteiger partial charge on any atom is 0.306 e. The Morgan fingerprint density at radius 2 is 0.905 bits per heavy atom. The third-order valence-corrected chi connectivity index (χ3v) is 12.0. The van der Waals surface area contributed by atoms with Gasteiger partial charge in [-0.2, -0.15) is 0 Å². The summed E-state index contributed by atoms with van der Waals surface area (Å²) in [5, 5.41) is 9.06. The van der Waals surface area contributed by atoms with Crippen LogP contribution < -0.4 is 0 Å². The largest absolute Gasteiger partial charge is 0.481 e. The Morgan fingerprint density at radius 1 is 0.571 bits per heavy atom. The highest BCUT2D eigenvalue weighted by Crippen LogP contribution is 2.40. The van der Waals surface area contributed by atoms with Gasteiger partial charge in [0.1, 0.15) is 6.29 Å². The monoisotopic (exact) mass is 591 g/mol. The summed E-state index contributed by atoms with van der Waals surface area (Å²) in [6.07, 6.45) is 36.3. The number of carbonyl (C=O) groups excluding carboxylic acids is 1. The van der Waals surface area contributed by atoms with Crippen LogP contribution in [0.3, 0.4) is 0 Å². The zero-order valence-electron chi connectivity index (χ0n) is 27.3. The van der Waals surface area contributed by atoms with Gasteiger partial charge in [0.05, 0.1) is 5.92 Å². The molecule has 4 saturated carbocycles. The van der Waals surface area contributed by atoms with E-state index < -0.39 is 5.97 Å². The number of hydrogen-bond acceptors (Lipinski definition) is 2. The summed E-state index contributed by atoms with van der Waals surface area (Å²) in [4.78, 5) is 21.8. The fourth-order valence-electron chi connectivity index (χ4n) is 9.03. The van der Waals surface area contributed by atoms with Gasteiger partial charge in [0.25, 0.3) is 0 Å². The first-order valence-electron chi connectivity index (χ1n) is 18.7. The average Bonchev–Trinajstić information content (AvgIpc) is 3.00. The second-order valence-corrected chi connectivity index (χ2v) is 15.2. The molecule has 0 unspecified atom stereocenters. The van der Waals surface area contributed by atoms with Crippen molar-refractivity contribution in [2.75, 3.05) is 0 Å². The van der Waals surface area contributed by atoms with E-state index in [4.69, 9.17) is 5.11 Å². The van der Waals surface area contributed by atoms with Gasteiger partial charge < -0.3 is 9.90 Å². The molecule has 0 amide bonds. The van der Waals surface area contributed by atoms with Gasteiger partial charge in [-0.1, -0.05) is 124 Å². The van der Waals surface area contributed by atoms with E-state index in [1.54, 1.807) is 0 Å². The Morgan fingerprint density at radius 3 is 1.24 bits per heavy atom. The van der Waals surface area contributed by atoms with E-state index in [1.165, 1.54) is 148 Å². The van der Waals surface area contributed by atoms with Crippen LogP contribution in [0.25, 0.3) is 0 Å². The summed E-state index contributed by atoms with van der Waals surface area (Å²) >= 11 is 0. The lowest BCUT2D eigenvalue weighted by Gasteiger charge is -2.33. The van der Waals surface area contributed by atoms with E-state index in [1.807, 2.05) is 0 Å². The van der Waals surface area contributed by atoms with Crippen molar-refractivity contribution in [1.82, 2.24) is 0 Å². The molecule has 42 heavy (non-hydrogen) atoms. The lowest BCUT2D eigenvalue weighted by molar-refractivity contribution is -0.143. The summed E-state index contributed by atoms with van der Waals surface area (Å²) in [6.45, 7) is 4.59. The minimum absolute atomic E-state index is 0. The summed E-state index contributed by atoms with van der Waals surface area (Å²) < 4.78 is 0. The molecule has 1 N–H and O–H groups in total. The lowest BCUT2D eigenvalue weighted by atomic mass is 9.72. The van der Waals surface area contributed by atoms with E-state index in [2.05, 4.69) is 13.8 Å². The van der Waals surface area contributed by atoms with Gasteiger partial charge in [-0.05, 0) is 99.7 Å². The lowest BCUT2D eigenvalue weighted by Crippen LogP contribution is -2.24. The molecule has 4 aliphatic rings. The minimum Gasteiger partial charge on any atom is -0.481 e. The highest BCUT2D eigenvalue weighted by Gasteiger charge is 2.29. The molecule has 0 spiro atoms. The normalized spacial score (nSPS) is 33.5.